The number of carbonyl (C=O) groups is 1. The quantitative estimate of drug-likeness (QED) is 0.636. The van der Waals surface area contributed by atoms with E-state index in [1.807, 2.05) is 49.4 Å². The Labute approximate surface area is 163 Å². The fourth-order valence-corrected chi connectivity index (χ4v) is 4.77. The van der Waals surface area contributed by atoms with Gasteiger partial charge in [-0.05, 0) is 42.5 Å². The minimum atomic E-state index is -3.77. The molecule has 2 N–H and O–H groups in total. The van der Waals surface area contributed by atoms with Gasteiger partial charge in [0.1, 0.15) is 10.3 Å². The normalized spacial score (nSPS) is 12.5. The van der Waals surface area contributed by atoms with Crippen molar-refractivity contribution in [3.63, 3.8) is 0 Å². The lowest BCUT2D eigenvalue weighted by molar-refractivity contribution is -0.117. The predicted octanol–water partition coefficient (Wildman–Crippen LogP) is 3.58. The molecule has 2 aromatic carbocycles. The topological polar surface area (TPSA) is 75.3 Å². The van der Waals surface area contributed by atoms with Crippen molar-refractivity contribution in [1.29, 1.82) is 0 Å². The summed E-state index contributed by atoms with van der Waals surface area (Å²) >= 11 is 1.11. The molecule has 0 aliphatic rings. The Hall–Kier alpha value is -2.48. The van der Waals surface area contributed by atoms with Crippen LogP contribution in [-0.2, 0) is 21.2 Å². The van der Waals surface area contributed by atoms with Gasteiger partial charge in [0.15, 0.2) is 0 Å². The van der Waals surface area contributed by atoms with Gasteiger partial charge in [-0.2, -0.15) is 4.72 Å². The van der Waals surface area contributed by atoms with Gasteiger partial charge in [-0.15, -0.1) is 11.3 Å². The third kappa shape index (κ3) is 5.26. The fraction of sp³-hybridized carbons (Fsp3) is 0.150. The molecular weight excluding hydrogens is 380 g/mol. The summed E-state index contributed by atoms with van der Waals surface area (Å²) in [6.45, 7) is 1.96. The fourth-order valence-electron chi connectivity index (χ4n) is 2.57. The largest absolute Gasteiger partial charge is 0.325 e. The number of carbonyl (C=O) groups excluding carboxylic acids is 1. The standard InChI is InChI=1S/C20H20N2O3S2/c1-15-9-11-17(12-10-15)21-20(23)18(14-16-6-3-2-4-7-16)22-27(24,25)19-8-5-13-26-19/h2-13,18,22H,14H2,1H3,(H,21,23). The van der Waals surface area contributed by atoms with Crippen molar-refractivity contribution in [2.45, 2.75) is 23.6 Å². The summed E-state index contributed by atoms with van der Waals surface area (Å²) in [4.78, 5) is 12.8. The summed E-state index contributed by atoms with van der Waals surface area (Å²) in [6, 6.07) is 18.9. The van der Waals surface area contributed by atoms with Crippen molar-refractivity contribution in [3.8, 4) is 0 Å². The molecule has 0 saturated carbocycles. The highest BCUT2D eigenvalue weighted by molar-refractivity contribution is 7.91. The van der Waals surface area contributed by atoms with Gasteiger partial charge >= 0.3 is 0 Å². The van der Waals surface area contributed by atoms with Gasteiger partial charge < -0.3 is 5.32 Å². The summed E-state index contributed by atoms with van der Waals surface area (Å²) in [5.41, 5.74) is 2.57. The van der Waals surface area contributed by atoms with Gasteiger partial charge in [-0.25, -0.2) is 8.42 Å². The van der Waals surface area contributed by atoms with Crippen LogP contribution in [0.2, 0.25) is 0 Å². The average molecular weight is 401 g/mol. The molecule has 7 heteroatoms. The molecule has 3 aromatic rings. The van der Waals surface area contributed by atoms with Gasteiger partial charge in [0.2, 0.25) is 5.91 Å². The molecule has 27 heavy (non-hydrogen) atoms. The smallest absolute Gasteiger partial charge is 0.250 e. The molecule has 0 saturated heterocycles. The number of benzene rings is 2. The molecule has 0 fully saturated rings. The van der Waals surface area contributed by atoms with Crippen LogP contribution in [-0.4, -0.2) is 20.4 Å². The molecular formula is C20H20N2O3S2. The van der Waals surface area contributed by atoms with Gasteiger partial charge in [0, 0.05) is 5.69 Å². The second kappa shape index (κ2) is 8.47. The van der Waals surface area contributed by atoms with Crippen LogP contribution in [0.4, 0.5) is 5.69 Å². The number of sulfonamides is 1. The van der Waals surface area contributed by atoms with Crippen LogP contribution in [0.3, 0.4) is 0 Å². The van der Waals surface area contributed by atoms with Crippen molar-refractivity contribution in [3.05, 3.63) is 83.2 Å². The number of aryl methyl sites for hydroxylation is 1. The number of hydrogen-bond acceptors (Lipinski definition) is 4. The second-order valence-corrected chi connectivity index (χ2v) is 9.04. The van der Waals surface area contributed by atoms with E-state index in [0.29, 0.717) is 5.69 Å². The summed E-state index contributed by atoms with van der Waals surface area (Å²) in [6.07, 6.45) is 0.253. The maximum atomic E-state index is 12.8. The van der Waals surface area contributed by atoms with E-state index in [9.17, 15) is 13.2 Å². The number of thiophene rings is 1. The molecule has 1 heterocycles. The highest BCUT2D eigenvalue weighted by Gasteiger charge is 2.26. The van der Waals surface area contributed by atoms with Gasteiger partial charge in [0.05, 0.1) is 0 Å². The first-order valence-electron chi connectivity index (χ1n) is 8.41. The van der Waals surface area contributed by atoms with E-state index < -0.39 is 22.0 Å². The van der Waals surface area contributed by atoms with Crippen LogP contribution in [0.25, 0.3) is 0 Å². The molecule has 0 spiro atoms. The highest BCUT2D eigenvalue weighted by atomic mass is 32.2. The maximum Gasteiger partial charge on any atom is 0.250 e. The van der Waals surface area contributed by atoms with Gasteiger partial charge in [-0.3, -0.25) is 4.79 Å². The third-order valence-corrected chi connectivity index (χ3v) is 6.84. The van der Waals surface area contributed by atoms with Gasteiger partial charge in [-0.1, -0.05) is 54.1 Å². The number of nitrogens with one attached hydrogen (secondary N) is 2. The Kier molecular flexibility index (Phi) is 6.05. The van der Waals surface area contributed by atoms with Gasteiger partial charge in [0.25, 0.3) is 10.0 Å². The van der Waals surface area contributed by atoms with Crippen LogP contribution in [0.5, 0.6) is 0 Å². The molecule has 0 aliphatic heterocycles. The zero-order valence-corrected chi connectivity index (χ0v) is 16.4. The zero-order chi connectivity index (χ0) is 19.3. The Morgan fingerprint density at radius 1 is 1.00 bits per heavy atom. The van der Waals surface area contributed by atoms with Crippen LogP contribution in [0.15, 0.2) is 76.3 Å². The summed E-state index contributed by atoms with van der Waals surface area (Å²) < 4.78 is 28.0. The second-order valence-electron chi connectivity index (χ2n) is 6.15. The molecule has 140 valence electrons. The van der Waals surface area contributed by atoms with Crippen molar-refractivity contribution in [2.24, 2.45) is 0 Å². The van der Waals surface area contributed by atoms with E-state index in [-0.39, 0.29) is 10.6 Å². The zero-order valence-electron chi connectivity index (χ0n) is 14.8. The van der Waals surface area contributed by atoms with E-state index >= 15 is 0 Å². The predicted molar refractivity (Wildman–Crippen MR) is 108 cm³/mol. The first-order chi connectivity index (χ1) is 12.9. The lowest BCUT2D eigenvalue weighted by atomic mass is 10.1. The Morgan fingerprint density at radius 2 is 1.70 bits per heavy atom. The number of anilines is 1. The van der Waals surface area contributed by atoms with E-state index in [1.165, 1.54) is 6.07 Å². The Balaban J connectivity index is 1.82. The lowest BCUT2D eigenvalue weighted by Gasteiger charge is -2.18. The van der Waals surface area contributed by atoms with Crippen molar-refractivity contribution >= 4 is 33.0 Å². The lowest BCUT2D eigenvalue weighted by Crippen LogP contribution is -2.45. The number of hydrogen-bond donors (Lipinski definition) is 2. The minimum Gasteiger partial charge on any atom is -0.325 e. The van der Waals surface area contributed by atoms with E-state index in [1.54, 1.807) is 23.6 Å². The number of rotatable bonds is 7. The maximum absolute atomic E-state index is 12.8. The van der Waals surface area contributed by atoms with E-state index in [2.05, 4.69) is 10.0 Å². The van der Waals surface area contributed by atoms with Crippen molar-refractivity contribution in [1.82, 2.24) is 4.72 Å². The van der Waals surface area contributed by atoms with Crippen LogP contribution in [0, 0.1) is 6.92 Å². The monoisotopic (exact) mass is 400 g/mol. The average Bonchev–Trinajstić information content (AvgIpc) is 3.19. The molecule has 5 nitrogen and oxygen atoms in total. The summed E-state index contributed by atoms with van der Waals surface area (Å²) in [7, 11) is -3.77. The Bertz CT molecular complexity index is 983. The third-order valence-electron chi connectivity index (χ3n) is 3.98. The molecule has 1 atom stereocenters. The highest BCUT2D eigenvalue weighted by Crippen LogP contribution is 2.17. The first-order valence-corrected chi connectivity index (χ1v) is 10.8. The molecule has 0 radical (unpaired) electrons. The Morgan fingerprint density at radius 3 is 2.33 bits per heavy atom. The van der Waals surface area contributed by atoms with Crippen LogP contribution < -0.4 is 10.0 Å². The molecule has 0 bridgehead atoms. The molecule has 1 aromatic heterocycles. The van der Waals surface area contributed by atoms with E-state index in [4.69, 9.17) is 0 Å². The molecule has 1 amide bonds. The molecule has 1 unspecified atom stereocenters. The van der Waals surface area contributed by atoms with Crippen LogP contribution >= 0.6 is 11.3 Å². The summed E-state index contributed by atoms with van der Waals surface area (Å²) in [5.74, 6) is -0.400. The summed E-state index contributed by atoms with van der Waals surface area (Å²) in [5, 5.41) is 4.48. The molecule has 0 aliphatic carbocycles. The SMILES string of the molecule is Cc1ccc(NC(=O)C(Cc2ccccc2)NS(=O)(=O)c2cccs2)cc1. The first kappa shape index (κ1) is 19.3. The van der Waals surface area contributed by atoms with Crippen molar-refractivity contribution in [2.75, 3.05) is 5.32 Å². The number of amides is 1. The van der Waals surface area contributed by atoms with Crippen LogP contribution in [0.1, 0.15) is 11.1 Å². The molecule has 3 rings (SSSR count). The van der Waals surface area contributed by atoms with Crippen molar-refractivity contribution < 1.29 is 13.2 Å². The van der Waals surface area contributed by atoms with E-state index in [0.717, 1.165) is 22.5 Å². The minimum absolute atomic E-state index is 0.184.